The number of hydrogen-bond acceptors (Lipinski definition) is 3. The van der Waals surface area contributed by atoms with Gasteiger partial charge in [-0.2, -0.15) is 5.10 Å². The van der Waals surface area contributed by atoms with Crippen LogP contribution in [-0.4, -0.2) is 28.4 Å². The first-order chi connectivity index (χ1) is 10.6. The molecule has 1 saturated carbocycles. The smallest absolute Gasteiger partial charge is 0.231 e. The van der Waals surface area contributed by atoms with Gasteiger partial charge in [-0.1, -0.05) is 19.3 Å². The standard InChI is InChI=1S/C17H27N3O2/c1-12-14(9-6-10-22-12)17(21)18-16-11-15(19-20(16)2)13-7-4-3-5-8-13/h11-14H,3-10H2,1-2H3,(H,18,21)/t12-,14-/m1/s1. The van der Waals surface area contributed by atoms with E-state index in [0.29, 0.717) is 5.92 Å². The monoisotopic (exact) mass is 305 g/mol. The lowest BCUT2D eigenvalue weighted by molar-refractivity contribution is -0.127. The molecule has 22 heavy (non-hydrogen) atoms. The number of carbonyl (C=O) groups is 1. The molecule has 0 aromatic carbocycles. The molecule has 1 N–H and O–H groups in total. The maximum atomic E-state index is 12.5. The lowest BCUT2D eigenvalue weighted by Crippen LogP contribution is -2.36. The summed E-state index contributed by atoms with van der Waals surface area (Å²) in [6.45, 7) is 2.75. The van der Waals surface area contributed by atoms with Gasteiger partial charge in [0.15, 0.2) is 0 Å². The van der Waals surface area contributed by atoms with E-state index in [4.69, 9.17) is 4.74 Å². The average Bonchev–Trinajstić information content (AvgIpc) is 2.89. The average molecular weight is 305 g/mol. The van der Waals surface area contributed by atoms with Crippen LogP contribution in [0.4, 0.5) is 5.82 Å². The van der Waals surface area contributed by atoms with Crippen LogP contribution in [0, 0.1) is 5.92 Å². The van der Waals surface area contributed by atoms with Gasteiger partial charge in [0, 0.05) is 25.6 Å². The van der Waals surface area contributed by atoms with Crippen molar-refractivity contribution in [1.82, 2.24) is 9.78 Å². The van der Waals surface area contributed by atoms with Crippen molar-refractivity contribution < 1.29 is 9.53 Å². The second-order valence-electron chi connectivity index (χ2n) is 6.73. The summed E-state index contributed by atoms with van der Waals surface area (Å²) in [5.74, 6) is 1.37. The summed E-state index contributed by atoms with van der Waals surface area (Å²) < 4.78 is 7.40. The van der Waals surface area contributed by atoms with Gasteiger partial charge in [-0.25, -0.2) is 0 Å². The minimum Gasteiger partial charge on any atom is -0.378 e. The Kier molecular flexibility index (Phi) is 4.81. The van der Waals surface area contributed by atoms with Crippen LogP contribution in [-0.2, 0) is 16.6 Å². The molecule has 0 spiro atoms. The number of aryl methyl sites for hydroxylation is 1. The second kappa shape index (κ2) is 6.82. The third-order valence-electron chi connectivity index (χ3n) is 5.12. The number of nitrogens with one attached hydrogen (secondary N) is 1. The topological polar surface area (TPSA) is 56.1 Å². The lowest BCUT2D eigenvalue weighted by Gasteiger charge is -2.27. The van der Waals surface area contributed by atoms with Crippen molar-refractivity contribution in [3.05, 3.63) is 11.8 Å². The highest BCUT2D eigenvalue weighted by molar-refractivity contribution is 5.92. The predicted octanol–water partition coefficient (Wildman–Crippen LogP) is 3.22. The van der Waals surface area contributed by atoms with Crippen LogP contribution in [0.25, 0.3) is 0 Å². The first-order valence-corrected chi connectivity index (χ1v) is 8.61. The molecule has 1 aliphatic heterocycles. The van der Waals surface area contributed by atoms with E-state index in [1.807, 2.05) is 14.0 Å². The van der Waals surface area contributed by atoms with Crippen molar-refractivity contribution in [3.8, 4) is 0 Å². The second-order valence-corrected chi connectivity index (χ2v) is 6.73. The Labute approximate surface area is 132 Å². The Morgan fingerprint density at radius 2 is 2.05 bits per heavy atom. The number of aromatic nitrogens is 2. The van der Waals surface area contributed by atoms with Gasteiger partial charge in [0.2, 0.25) is 5.91 Å². The van der Waals surface area contributed by atoms with Gasteiger partial charge in [0.25, 0.3) is 0 Å². The number of nitrogens with zero attached hydrogens (tertiary/aromatic N) is 2. The summed E-state index contributed by atoms with van der Waals surface area (Å²) in [5, 5.41) is 7.67. The molecule has 2 atom stereocenters. The first-order valence-electron chi connectivity index (χ1n) is 8.61. The zero-order chi connectivity index (χ0) is 15.5. The van der Waals surface area contributed by atoms with Gasteiger partial charge in [-0.3, -0.25) is 9.48 Å². The largest absolute Gasteiger partial charge is 0.378 e. The van der Waals surface area contributed by atoms with Crippen molar-refractivity contribution in [2.24, 2.45) is 13.0 Å². The van der Waals surface area contributed by atoms with E-state index in [2.05, 4.69) is 16.5 Å². The number of amides is 1. The number of ether oxygens (including phenoxy) is 1. The summed E-state index contributed by atoms with van der Waals surface area (Å²) in [6.07, 6.45) is 8.23. The molecular formula is C17H27N3O2. The van der Waals surface area contributed by atoms with Crippen LogP contribution >= 0.6 is 0 Å². The molecule has 122 valence electrons. The van der Waals surface area contributed by atoms with Crippen molar-refractivity contribution >= 4 is 11.7 Å². The van der Waals surface area contributed by atoms with E-state index in [-0.39, 0.29) is 17.9 Å². The van der Waals surface area contributed by atoms with Gasteiger partial charge < -0.3 is 10.1 Å². The summed E-state index contributed by atoms with van der Waals surface area (Å²) in [5.41, 5.74) is 1.13. The Bertz CT molecular complexity index is 520. The highest BCUT2D eigenvalue weighted by atomic mass is 16.5. The summed E-state index contributed by atoms with van der Waals surface area (Å²) in [7, 11) is 1.91. The van der Waals surface area contributed by atoms with Crippen LogP contribution in [0.15, 0.2) is 6.07 Å². The third-order valence-corrected chi connectivity index (χ3v) is 5.12. The first kappa shape index (κ1) is 15.5. The molecule has 5 nitrogen and oxygen atoms in total. The summed E-state index contributed by atoms with van der Waals surface area (Å²) >= 11 is 0. The number of hydrogen-bond donors (Lipinski definition) is 1. The SMILES string of the molecule is C[C@H]1OCCC[C@H]1C(=O)Nc1cc(C2CCCCC2)nn1C. The summed E-state index contributed by atoms with van der Waals surface area (Å²) in [6, 6.07) is 2.06. The quantitative estimate of drug-likeness (QED) is 0.933. The van der Waals surface area contributed by atoms with E-state index in [0.717, 1.165) is 31.0 Å². The Morgan fingerprint density at radius 3 is 2.77 bits per heavy atom. The Balaban J connectivity index is 1.66. The molecule has 2 fully saturated rings. The van der Waals surface area contributed by atoms with E-state index >= 15 is 0 Å². The van der Waals surface area contributed by atoms with Crippen LogP contribution < -0.4 is 5.32 Å². The molecule has 1 aromatic heterocycles. The normalized spacial score (nSPS) is 26.8. The molecule has 5 heteroatoms. The molecule has 1 amide bonds. The third kappa shape index (κ3) is 3.35. The molecule has 1 aromatic rings. The van der Waals surface area contributed by atoms with E-state index in [1.54, 1.807) is 4.68 Å². The zero-order valence-electron chi connectivity index (χ0n) is 13.7. The molecule has 2 heterocycles. The fraction of sp³-hybridized carbons (Fsp3) is 0.765. The van der Waals surface area contributed by atoms with Gasteiger partial charge in [-0.05, 0) is 32.6 Å². The van der Waals surface area contributed by atoms with Gasteiger partial charge >= 0.3 is 0 Å². The molecule has 1 aliphatic carbocycles. The van der Waals surface area contributed by atoms with Crippen molar-refractivity contribution in [2.75, 3.05) is 11.9 Å². The minimum absolute atomic E-state index is 0.000192. The van der Waals surface area contributed by atoms with Crippen molar-refractivity contribution in [3.63, 3.8) is 0 Å². The Morgan fingerprint density at radius 1 is 1.27 bits per heavy atom. The van der Waals surface area contributed by atoms with Gasteiger partial charge in [0.1, 0.15) is 5.82 Å². The number of rotatable bonds is 3. The molecular weight excluding hydrogens is 278 g/mol. The van der Waals surface area contributed by atoms with E-state index in [9.17, 15) is 4.79 Å². The van der Waals surface area contributed by atoms with E-state index in [1.165, 1.54) is 32.1 Å². The Hall–Kier alpha value is -1.36. The zero-order valence-corrected chi connectivity index (χ0v) is 13.7. The molecule has 0 bridgehead atoms. The highest BCUT2D eigenvalue weighted by Gasteiger charge is 2.29. The molecule has 0 radical (unpaired) electrons. The molecule has 1 saturated heterocycles. The predicted molar refractivity (Wildman–Crippen MR) is 85.8 cm³/mol. The van der Waals surface area contributed by atoms with Crippen LogP contribution in [0.2, 0.25) is 0 Å². The highest BCUT2D eigenvalue weighted by Crippen LogP contribution is 2.33. The van der Waals surface area contributed by atoms with Crippen molar-refractivity contribution in [1.29, 1.82) is 0 Å². The molecule has 2 aliphatic rings. The maximum Gasteiger partial charge on any atom is 0.231 e. The molecule has 3 rings (SSSR count). The number of carbonyl (C=O) groups excluding carboxylic acids is 1. The van der Waals surface area contributed by atoms with Crippen molar-refractivity contribution in [2.45, 2.75) is 63.9 Å². The van der Waals surface area contributed by atoms with Crippen LogP contribution in [0.3, 0.4) is 0 Å². The number of anilines is 1. The van der Waals surface area contributed by atoms with Crippen LogP contribution in [0.5, 0.6) is 0 Å². The molecule has 0 unspecified atom stereocenters. The lowest BCUT2D eigenvalue weighted by atomic mass is 9.87. The van der Waals surface area contributed by atoms with Gasteiger partial charge in [0.05, 0.1) is 17.7 Å². The summed E-state index contributed by atoms with van der Waals surface area (Å²) in [4.78, 5) is 12.5. The maximum absolute atomic E-state index is 12.5. The van der Waals surface area contributed by atoms with Gasteiger partial charge in [-0.15, -0.1) is 0 Å². The fourth-order valence-corrected chi connectivity index (χ4v) is 3.69. The fourth-order valence-electron chi connectivity index (χ4n) is 3.69. The van der Waals surface area contributed by atoms with Crippen LogP contribution in [0.1, 0.15) is 63.5 Å². The van der Waals surface area contributed by atoms with E-state index < -0.39 is 0 Å². The minimum atomic E-state index is -0.0539.